The van der Waals surface area contributed by atoms with E-state index < -0.39 is 41.0 Å². The Hall–Kier alpha value is -3.36. The molecule has 2 N–H and O–H groups in total. The van der Waals surface area contributed by atoms with Gasteiger partial charge in [0.05, 0.1) is 23.1 Å². The number of halogens is 3. The molecule has 0 unspecified atom stereocenters. The smallest absolute Gasteiger partial charge is 0.248 e. The predicted octanol–water partition coefficient (Wildman–Crippen LogP) is 2.98. The van der Waals surface area contributed by atoms with Crippen molar-refractivity contribution in [2.45, 2.75) is 12.5 Å². The zero-order valence-corrected chi connectivity index (χ0v) is 13.1. The summed E-state index contributed by atoms with van der Waals surface area (Å²) in [5, 5.41) is 4.79. The van der Waals surface area contributed by atoms with Crippen LogP contribution in [0.4, 0.5) is 24.8 Å². The third kappa shape index (κ3) is 2.48. The summed E-state index contributed by atoms with van der Waals surface area (Å²) in [6.45, 7) is 0. The Morgan fingerprint density at radius 2 is 1.92 bits per heavy atom. The third-order valence-electron chi connectivity index (χ3n) is 4.13. The highest BCUT2D eigenvalue weighted by molar-refractivity contribution is 6.03. The third-order valence-corrected chi connectivity index (χ3v) is 4.13. The zero-order chi connectivity index (χ0) is 18.4. The maximum atomic E-state index is 13.8. The number of carbonyl (C=O) groups is 2. The average molecular weight is 360 g/mol. The summed E-state index contributed by atoms with van der Waals surface area (Å²) in [6.07, 6.45) is -0.204. The molecule has 0 saturated heterocycles. The van der Waals surface area contributed by atoms with E-state index in [1.165, 1.54) is 4.57 Å². The molecule has 0 saturated carbocycles. The monoisotopic (exact) mass is 360 g/mol. The summed E-state index contributed by atoms with van der Waals surface area (Å²) >= 11 is 0. The maximum Gasteiger partial charge on any atom is 0.248 e. The van der Waals surface area contributed by atoms with Gasteiger partial charge in [-0.1, -0.05) is 12.1 Å². The molecule has 0 fully saturated rings. The Kier molecular flexibility index (Phi) is 3.64. The van der Waals surface area contributed by atoms with Crippen molar-refractivity contribution in [3.63, 3.8) is 0 Å². The van der Waals surface area contributed by atoms with Gasteiger partial charge in [0.25, 0.3) is 0 Å². The highest BCUT2D eigenvalue weighted by Crippen LogP contribution is 2.31. The van der Waals surface area contributed by atoms with Crippen LogP contribution in [0, 0.1) is 17.5 Å². The first kappa shape index (κ1) is 16.1. The first-order valence-corrected chi connectivity index (χ1v) is 7.67. The van der Waals surface area contributed by atoms with Gasteiger partial charge in [0, 0.05) is 0 Å². The number of benzene rings is 2. The Morgan fingerprint density at radius 1 is 1.15 bits per heavy atom. The number of aromatic nitrogens is 2. The second-order valence-electron chi connectivity index (χ2n) is 5.77. The Bertz CT molecular complexity index is 1060. The van der Waals surface area contributed by atoms with Crippen molar-refractivity contribution in [1.82, 2.24) is 9.55 Å². The SMILES string of the molecule is O=C1C[C@@H](C(=O)Nc2ccc(F)c(F)c2F)n2c(nc3ccccc32)N1. The average Bonchev–Trinajstić information content (AvgIpc) is 2.99. The van der Waals surface area contributed by atoms with Crippen LogP contribution in [0.25, 0.3) is 11.0 Å². The van der Waals surface area contributed by atoms with Crippen molar-refractivity contribution in [2.75, 3.05) is 10.6 Å². The molecule has 1 atom stereocenters. The largest absolute Gasteiger partial charge is 0.322 e. The van der Waals surface area contributed by atoms with Crippen molar-refractivity contribution in [3.05, 3.63) is 53.8 Å². The summed E-state index contributed by atoms with van der Waals surface area (Å²) in [6, 6.07) is 7.56. The fourth-order valence-electron chi connectivity index (χ4n) is 2.94. The minimum Gasteiger partial charge on any atom is -0.322 e. The maximum absolute atomic E-state index is 13.8. The van der Waals surface area contributed by atoms with Crippen LogP contribution >= 0.6 is 0 Å². The lowest BCUT2D eigenvalue weighted by molar-refractivity contribution is -0.124. The highest BCUT2D eigenvalue weighted by Gasteiger charge is 2.33. The van der Waals surface area contributed by atoms with E-state index in [-0.39, 0.29) is 12.4 Å². The molecule has 2 aromatic carbocycles. The fourth-order valence-corrected chi connectivity index (χ4v) is 2.94. The number of imidazole rings is 1. The van der Waals surface area contributed by atoms with Crippen LogP contribution in [0.5, 0.6) is 0 Å². The standard InChI is InChI=1S/C17H11F3N4O2/c18-8-5-6-10(15(20)14(8)19)21-16(26)12-7-13(25)23-17-22-9-3-1-2-4-11(9)24(12)17/h1-6,12H,7H2,(H,21,26)(H,22,23,25)/t12-/m0/s1. The number of nitrogens with zero attached hydrogens (tertiary/aromatic N) is 2. The van der Waals surface area contributed by atoms with E-state index in [4.69, 9.17) is 0 Å². The number of fused-ring (bicyclic) bond motifs is 3. The second kappa shape index (κ2) is 5.87. The van der Waals surface area contributed by atoms with Gasteiger partial charge in [0.1, 0.15) is 6.04 Å². The number of rotatable bonds is 2. The molecule has 3 aromatic rings. The lowest BCUT2D eigenvalue weighted by Crippen LogP contribution is -2.35. The first-order valence-electron chi connectivity index (χ1n) is 7.67. The molecule has 2 amide bonds. The molecular formula is C17H11F3N4O2. The van der Waals surface area contributed by atoms with Crippen LogP contribution in [-0.2, 0) is 9.59 Å². The van der Waals surface area contributed by atoms with E-state index in [0.717, 1.165) is 6.07 Å². The fraction of sp³-hybridized carbons (Fsp3) is 0.118. The first-order chi connectivity index (χ1) is 12.5. The molecule has 132 valence electrons. The van der Waals surface area contributed by atoms with Gasteiger partial charge in [-0.3, -0.25) is 19.5 Å². The summed E-state index contributed by atoms with van der Waals surface area (Å²) in [4.78, 5) is 28.8. The molecule has 0 spiro atoms. The number of nitrogens with one attached hydrogen (secondary N) is 2. The van der Waals surface area contributed by atoms with Crippen molar-refractivity contribution in [2.24, 2.45) is 0 Å². The van der Waals surface area contributed by atoms with Gasteiger partial charge in [-0.25, -0.2) is 18.2 Å². The van der Waals surface area contributed by atoms with Crippen LogP contribution in [0.15, 0.2) is 36.4 Å². The van der Waals surface area contributed by atoms with E-state index in [1.54, 1.807) is 24.3 Å². The number of anilines is 2. The van der Waals surface area contributed by atoms with Crippen molar-refractivity contribution in [3.8, 4) is 0 Å². The minimum atomic E-state index is -1.68. The van der Waals surface area contributed by atoms with Gasteiger partial charge in [-0.2, -0.15) is 0 Å². The summed E-state index contributed by atoms with van der Waals surface area (Å²) < 4.78 is 41.7. The van der Waals surface area contributed by atoms with Gasteiger partial charge in [0.2, 0.25) is 17.8 Å². The quantitative estimate of drug-likeness (QED) is 0.690. The van der Waals surface area contributed by atoms with Gasteiger partial charge in [-0.15, -0.1) is 0 Å². The molecule has 1 aliphatic rings. The summed E-state index contributed by atoms with van der Waals surface area (Å²) in [5.41, 5.74) is 0.667. The normalized spacial score (nSPS) is 16.3. The summed E-state index contributed by atoms with van der Waals surface area (Å²) in [7, 11) is 0. The second-order valence-corrected chi connectivity index (χ2v) is 5.77. The Morgan fingerprint density at radius 3 is 2.73 bits per heavy atom. The van der Waals surface area contributed by atoms with Gasteiger partial charge >= 0.3 is 0 Å². The molecule has 9 heteroatoms. The topological polar surface area (TPSA) is 76.0 Å². The van der Waals surface area contributed by atoms with Crippen LogP contribution in [0.1, 0.15) is 12.5 Å². The van der Waals surface area contributed by atoms with E-state index in [1.807, 2.05) is 0 Å². The molecule has 1 aliphatic heterocycles. The Balaban J connectivity index is 1.73. The number of hydrogen-bond donors (Lipinski definition) is 2. The molecule has 0 aliphatic carbocycles. The van der Waals surface area contributed by atoms with E-state index >= 15 is 0 Å². The number of carbonyl (C=O) groups excluding carboxylic acids is 2. The molecule has 4 rings (SSSR count). The predicted molar refractivity (Wildman–Crippen MR) is 87.0 cm³/mol. The van der Waals surface area contributed by atoms with Crippen molar-refractivity contribution >= 4 is 34.5 Å². The van der Waals surface area contributed by atoms with E-state index in [2.05, 4.69) is 15.6 Å². The number of para-hydroxylation sites is 2. The minimum absolute atomic E-state index is 0.188. The van der Waals surface area contributed by atoms with Crippen LogP contribution < -0.4 is 10.6 Å². The highest BCUT2D eigenvalue weighted by atomic mass is 19.2. The number of amides is 2. The zero-order valence-electron chi connectivity index (χ0n) is 13.1. The Labute approximate surface area is 144 Å². The van der Waals surface area contributed by atoms with Gasteiger partial charge in [0.15, 0.2) is 17.5 Å². The van der Waals surface area contributed by atoms with Crippen LogP contribution in [0.3, 0.4) is 0 Å². The molecule has 1 aromatic heterocycles. The number of hydrogen-bond acceptors (Lipinski definition) is 3. The molecule has 6 nitrogen and oxygen atoms in total. The van der Waals surface area contributed by atoms with Crippen molar-refractivity contribution < 1.29 is 22.8 Å². The molecule has 0 bridgehead atoms. The van der Waals surface area contributed by atoms with Crippen molar-refractivity contribution in [1.29, 1.82) is 0 Å². The van der Waals surface area contributed by atoms with Crippen LogP contribution in [0.2, 0.25) is 0 Å². The van der Waals surface area contributed by atoms with Gasteiger partial charge < -0.3 is 5.32 Å². The summed E-state index contributed by atoms with van der Waals surface area (Å²) in [5.74, 6) is -5.53. The van der Waals surface area contributed by atoms with E-state index in [0.29, 0.717) is 17.1 Å². The molecule has 26 heavy (non-hydrogen) atoms. The molecule has 2 heterocycles. The van der Waals surface area contributed by atoms with Crippen LogP contribution in [-0.4, -0.2) is 21.4 Å². The molecular weight excluding hydrogens is 349 g/mol. The molecule has 0 radical (unpaired) electrons. The lowest BCUT2D eigenvalue weighted by atomic mass is 10.1. The van der Waals surface area contributed by atoms with Gasteiger partial charge in [-0.05, 0) is 24.3 Å². The van der Waals surface area contributed by atoms with E-state index in [9.17, 15) is 22.8 Å². The lowest BCUT2D eigenvalue weighted by Gasteiger charge is -2.25.